The molecular weight excluding hydrogens is 354 g/mol. The van der Waals surface area contributed by atoms with E-state index in [1.807, 2.05) is 49.6 Å². The lowest BCUT2D eigenvalue weighted by Gasteiger charge is -2.12. The second kappa shape index (κ2) is 8.56. The van der Waals surface area contributed by atoms with Crippen LogP contribution in [0.25, 0.3) is 27.9 Å². The van der Waals surface area contributed by atoms with Crippen LogP contribution >= 0.6 is 11.8 Å². The molecule has 0 atom stereocenters. The summed E-state index contributed by atoms with van der Waals surface area (Å²) < 4.78 is 0. The Morgan fingerprint density at radius 3 is 2.59 bits per heavy atom. The van der Waals surface area contributed by atoms with Gasteiger partial charge in [-0.1, -0.05) is 66.9 Å². The Balaban J connectivity index is 2.31. The van der Waals surface area contributed by atoms with E-state index < -0.39 is 0 Å². The normalized spacial score (nSPS) is 11.9. The minimum atomic E-state index is 0.628. The molecule has 0 aliphatic carbocycles. The van der Waals surface area contributed by atoms with Crippen LogP contribution in [0.3, 0.4) is 0 Å². The monoisotopic (exact) mass is 373 g/mol. The molecule has 3 aromatic rings. The number of benzene rings is 1. The van der Waals surface area contributed by atoms with Crippen molar-refractivity contribution in [3.63, 3.8) is 0 Å². The summed E-state index contributed by atoms with van der Waals surface area (Å²) in [5.74, 6) is 0. The average Bonchev–Trinajstić information content (AvgIpc) is 2.72. The van der Waals surface area contributed by atoms with Gasteiger partial charge in [-0.05, 0) is 24.8 Å². The summed E-state index contributed by atoms with van der Waals surface area (Å²) in [7, 11) is 0. The molecule has 0 unspecified atom stereocenters. The van der Waals surface area contributed by atoms with Crippen molar-refractivity contribution in [3.8, 4) is 11.3 Å². The van der Waals surface area contributed by atoms with Gasteiger partial charge in [-0.3, -0.25) is 4.79 Å². The van der Waals surface area contributed by atoms with E-state index in [1.165, 1.54) is 11.8 Å². The number of hydrogen-bond acceptors (Lipinski definition) is 5. The largest absolute Gasteiger partial charge is 0.298 e. The number of fused-ring (bicyclic) bond motifs is 1. The van der Waals surface area contributed by atoms with Crippen molar-refractivity contribution in [1.82, 2.24) is 15.0 Å². The topological polar surface area (TPSA) is 55.7 Å². The van der Waals surface area contributed by atoms with Crippen molar-refractivity contribution in [1.29, 1.82) is 0 Å². The standard InChI is InChI=1S/C22H19N3OS/c1-4-6-16(7-5-2)19-12-18-13-23-22(27-3)25-21(18)24-20(19)17-10-8-15(14-26)9-11-17/h4-14H,1H2,2-3H3/b7-5-,16-6+. The summed E-state index contributed by atoms with van der Waals surface area (Å²) in [4.78, 5) is 24.7. The zero-order chi connectivity index (χ0) is 19.2. The number of carbonyl (C=O) groups is 1. The smallest absolute Gasteiger partial charge is 0.189 e. The van der Waals surface area contributed by atoms with Gasteiger partial charge in [0, 0.05) is 28.3 Å². The highest BCUT2D eigenvalue weighted by Crippen LogP contribution is 2.31. The molecule has 0 saturated carbocycles. The fourth-order valence-corrected chi connectivity index (χ4v) is 3.08. The fraction of sp³-hybridized carbons (Fsp3) is 0.0909. The van der Waals surface area contributed by atoms with E-state index in [1.54, 1.807) is 24.4 Å². The quantitative estimate of drug-likeness (QED) is 0.252. The van der Waals surface area contributed by atoms with E-state index in [-0.39, 0.29) is 0 Å². The first-order valence-electron chi connectivity index (χ1n) is 8.43. The van der Waals surface area contributed by atoms with E-state index in [0.717, 1.165) is 34.1 Å². The molecule has 0 N–H and O–H groups in total. The minimum Gasteiger partial charge on any atom is -0.298 e. The highest BCUT2D eigenvalue weighted by molar-refractivity contribution is 7.98. The maximum Gasteiger partial charge on any atom is 0.189 e. The average molecular weight is 373 g/mol. The Labute approximate surface area is 162 Å². The van der Waals surface area contributed by atoms with Crippen LogP contribution in [-0.4, -0.2) is 27.5 Å². The molecule has 5 heteroatoms. The Morgan fingerprint density at radius 1 is 1.19 bits per heavy atom. The Morgan fingerprint density at radius 2 is 1.96 bits per heavy atom. The summed E-state index contributed by atoms with van der Waals surface area (Å²) in [6, 6.07) is 9.43. The highest BCUT2D eigenvalue weighted by atomic mass is 32.2. The third-order valence-electron chi connectivity index (χ3n) is 4.00. The van der Waals surface area contributed by atoms with Crippen LogP contribution in [0.1, 0.15) is 22.8 Å². The number of nitrogens with zero attached hydrogens (tertiary/aromatic N) is 3. The van der Waals surface area contributed by atoms with Crippen LogP contribution in [0, 0.1) is 0 Å². The number of pyridine rings is 1. The molecule has 0 fully saturated rings. The number of allylic oxidation sites excluding steroid dienone is 5. The zero-order valence-electron chi connectivity index (χ0n) is 15.2. The first-order chi connectivity index (χ1) is 13.2. The summed E-state index contributed by atoms with van der Waals surface area (Å²) in [5, 5.41) is 1.55. The molecular formula is C22H19N3OS. The molecule has 0 bridgehead atoms. The maximum atomic E-state index is 11.0. The Kier molecular flexibility index (Phi) is 5.94. The SMILES string of the molecule is C=C/C=C(\C=C/C)c1cc2cnc(SC)nc2nc1-c1ccc(C=O)cc1. The van der Waals surface area contributed by atoms with Gasteiger partial charge in [-0.2, -0.15) is 0 Å². The second-order valence-corrected chi connectivity index (χ2v) is 6.53. The maximum absolute atomic E-state index is 11.0. The van der Waals surface area contributed by atoms with Gasteiger partial charge < -0.3 is 0 Å². The molecule has 0 spiro atoms. The molecule has 0 aliphatic heterocycles. The summed E-state index contributed by atoms with van der Waals surface area (Å²) in [5.41, 5.74) is 4.94. The number of thioether (sulfide) groups is 1. The minimum absolute atomic E-state index is 0.628. The van der Waals surface area contributed by atoms with E-state index >= 15 is 0 Å². The molecule has 2 aromatic heterocycles. The van der Waals surface area contributed by atoms with Crippen molar-refractivity contribution >= 4 is 34.7 Å². The van der Waals surface area contributed by atoms with E-state index in [2.05, 4.69) is 16.5 Å². The van der Waals surface area contributed by atoms with E-state index in [4.69, 9.17) is 4.98 Å². The molecule has 1 aromatic carbocycles. The summed E-state index contributed by atoms with van der Waals surface area (Å²) >= 11 is 1.48. The van der Waals surface area contributed by atoms with Gasteiger partial charge in [0.25, 0.3) is 0 Å². The number of aldehydes is 1. The van der Waals surface area contributed by atoms with Crippen molar-refractivity contribution < 1.29 is 4.79 Å². The van der Waals surface area contributed by atoms with Crippen molar-refractivity contribution in [2.24, 2.45) is 0 Å². The molecule has 0 aliphatic rings. The Bertz CT molecular complexity index is 1050. The number of carbonyl (C=O) groups excluding carboxylic acids is 1. The molecule has 27 heavy (non-hydrogen) atoms. The van der Waals surface area contributed by atoms with Gasteiger partial charge in [0.15, 0.2) is 10.8 Å². The molecule has 0 radical (unpaired) electrons. The van der Waals surface area contributed by atoms with Crippen LogP contribution in [0.15, 0.2) is 72.6 Å². The van der Waals surface area contributed by atoms with Crippen LogP contribution in [0.5, 0.6) is 0 Å². The first kappa shape index (κ1) is 18.7. The predicted molar refractivity (Wildman–Crippen MR) is 113 cm³/mol. The molecule has 2 heterocycles. The fourth-order valence-electron chi connectivity index (χ4n) is 2.75. The number of hydrogen-bond donors (Lipinski definition) is 0. The van der Waals surface area contributed by atoms with Gasteiger partial charge in [0.05, 0.1) is 5.69 Å². The van der Waals surface area contributed by atoms with Crippen molar-refractivity contribution in [3.05, 3.63) is 78.5 Å². The predicted octanol–water partition coefficient (Wildman–Crippen LogP) is 5.37. The number of rotatable bonds is 6. The van der Waals surface area contributed by atoms with Crippen LogP contribution in [0.2, 0.25) is 0 Å². The second-order valence-electron chi connectivity index (χ2n) is 5.75. The molecule has 0 saturated heterocycles. The summed E-state index contributed by atoms with van der Waals surface area (Å²) in [6.45, 7) is 5.79. The van der Waals surface area contributed by atoms with Crippen LogP contribution < -0.4 is 0 Å². The Hall–Kier alpha value is -3.05. The van der Waals surface area contributed by atoms with Crippen molar-refractivity contribution in [2.45, 2.75) is 12.1 Å². The third-order valence-corrected chi connectivity index (χ3v) is 4.57. The van der Waals surface area contributed by atoms with E-state index in [0.29, 0.717) is 16.4 Å². The van der Waals surface area contributed by atoms with E-state index in [9.17, 15) is 4.79 Å². The first-order valence-corrected chi connectivity index (χ1v) is 9.65. The number of aromatic nitrogens is 3. The third kappa shape index (κ3) is 4.04. The van der Waals surface area contributed by atoms with Crippen LogP contribution in [0.4, 0.5) is 0 Å². The van der Waals surface area contributed by atoms with Crippen LogP contribution in [-0.2, 0) is 0 Å². The highest BCUT2D eigenvalue weighted by Gasteiger charge is 2.13. The molecule has 0 amide bonds. The van der Waals surface area contributed by atoms with Gasteiger partial charge in [0.2, 0.25) is 0 Å². The lowest BCUT2D eigenvalue weighted by atomic mass is 9.97. The zero-order valence-corrected chi connectivity index (χ0v) is 16.0. The van der Waals surface area contributed by atoms with Gasteiger partial charge in [0.1, 0.15) is 6.29 Å². The molecule has 3 rings (SSSR count). The lowest BCUT2D eigenvalue weighted by molar-refractivity contribution is 0.112. The van der Waals surface area contributed by atoms with Gasteiger partial charge in [-0.25, -0.2) is 15.0 Å². The van der Waals surface area contributed by atoms with Gasteiger partial charge >= 0.3 is 0 Å². The lowest BCUT2D eigenvalue weighted by Crippen LogP contribution is -1.97. The van der Waals surface area contributed by atoms with Gasteiger partial charge in [-0.15, -0.1) is 0 Å². The van der Waals surface area contributed by atoms with Crippen molar-refractivity contribution in [2.75, 3.05) is 6.26 Å². The molecule has 4 nitrogen and oxygen atoms in total. The summed E-state index contributed by atoms with van der Waals surface area (Å²) in [6.07, 6.45) is 12.3. The molecule has 134 valence electrons.